The molecule has 3 aromatic rings. The fourth-order valence-electron chi connectivity index (χ4n) is 2.40. The number of nitrogens with zero attached hydrogens (tertiary/aromatic N) is 1. The molecule has 0 aliphatic rings. The third-order valence-electron chi connectivity index (χ3n) is 3.57. The summed E-state index contributed by atoms with van der Waals surface area (Å²) >= 11 is 5.72. The Balaban J connectivity index is 1.66. The summed E-state index contributed by atoms with van der Waals surface area (Å²) in [6.45, 7) is -0.585. The second kappa shape index (κ2) is 7.24. The van der Waals surface area contributed by atoms with Crippen LogP contribution in [0.1, 0.15) is 10.4 Å². The first kappa shape index (κ1) is 17.4. The van der Waals surface area contributed by atoms with Crippen molar-refractivity contribution in [3.05, 3.63) is 69.4 Å². The molecule has 9 heteroatoms. The number of ether oxygens (including phenoxy) is 1. The number of aromatic nitrogens is 1. The van der Waals surface area contributed by atoms with E-state index in [1.165, 1.54) is 18.3 Å². The highest BCUT2D eigenvalue weighted by molar-refractivity contribution is 6.31. The average molecular weight is 374 g/mol. The fourth-order valence-corrected chi connectivity index (χ4v) is 2.56. The Hall–Kier alpha value is -3.39. The second-order valence-corrected chi connectivity index (χ2v) is 5.73. The molecule has 0 spiro atoms. The monoisotopic (exact) mass is 373 g/mol. The maximum atomic E-state index is 12.1. The molecule has 3 rings (SSSR count). The Morgan fingerprint density at radius 1 is 1.23 bits per heavy atom. The number of nitrogens with one attached hydrogen (secondary N) is 2. The number of H-pyrrole nitrogens is 1. The van der Waals surface area contributed by atoms with Crippen LogP contribution in [0.25, 0.3) is 10.9 Å². The van der Waals surface area contributed by atoms with Crippen LogP contribution in [0.3, 0.4) is 0 Å². The first-order chi connectivity index (χ1) is 12.5. The molecule has 1 aromatic heterocycles. The summed E-state index contributed by atoms with van der Waals surface area (Å²) in [7, 11) is 0. The van der Waals surface area contributed by atoms with Crippen molar-refractivity contribution < 1.29 is 19.2 Å². The van der Waals surface area contributed by atoms with Gasteiger partial charge in [-0.05, 0) is 18.2 Å². The summed E-state index contributed by atoms with van der Waals surface area (Å²) in [5, 5.41) is 14.2. The highest BCUT2D eigenvalue weighted by Gasteiger charge is 2.18. The third kappa shape index (κ3) is 3.65. The van der Waals surface area contributed by atoms with Crippen LogP contribution >= 0.6 is 11.6 Å². The van der Waals surface area contributed by atoms with Gasteiger partial charge in [0.05, 0.1) is 10.5 Å². The number of aromatic amines is 1. The lowest BCUT2D eigenvalue weighted by molar-refractivity contribution is -0.383. The number of carbonyl (C=O) groups excluding carboxylic acids is 2. The molecule has 0 fully saturated rings. The number of benzene rings is 2. The average Bonchev–Trinajstić information content (AvgIpc) is 3.05. The van der Waals surface area contributed by atoms with E-state index in [9.17, 15) is 19.7 Å². The topological polar surface area (TPSA) is 114 Å². The van der Waals surface area contributed by atoms with Crippen LogP contribution in [-0.4, -0.2) is 28.4 Å². The molecule has 0 bridgehead atoms. The van der Waals surface area contributed by atoms with Crippen molar-refractivity contribution in [2.75, 3.05) is 11.9 Å². The zero-order chi connectivity index (χ0) is 18.7. The molecule has 1 amide bonds. The largest absolute Gasteiger partial charge is 0.452 e. The molecule has 2 aromatic carbocycles. The van der Waals surface area contributed by atoms with Crippen LogP contribution in [0.4, 0.5) is 11.4 Å². The number of halogens is 1. The number of para-hydroxylation sites is 1. The molecule has 0 aliphatic carbocycles. The molecular formula is C17H12ClN3O5. The van der Waals surface area contributed by atoms with Crippen LogP contribution in [0.2, 0.25) is 5.02 Å². The molecule has 1 heterocycles. The van der Waals surface area contributed by atoms with Crippen molar-refractivity contribution in [1.82, 2.24) is 4.98 Å². The van der Waals surface area contributed by atoms with Gasteiger partial charge in [-0.15, -0.1) is 0 Å². The number of nitro groups is 1. The minimum atomic E-state index is -0.705. The van der Waals surface area contributed by atoms with Gasteiger partial charge < -0.3 is 15.0 Å². The van der Waals surface area contributed by atoms with Crippen LogP contribution in [0.15, 0.2) is 48.7 Å². The lowest BCUT2D eigenvalue weighted by atomic mass is 10.2. The fraction of sp³-hybridized carbons (Fsp3) is 0.0588. The van der Waals surface area contributed by atoms with Gasteiger partial charge in [0, 0.05) is 28.2 Å². The van der Waals surface area contributed by atoms with E-state index >= 15 is 0 Å². The SMILES string of the molecule is O=C(COC(=O)c1c[nH]c2ccccc12)Nc1ccc(Cl)cc1[N+](=O)[O-]. The van der Waals surface area contributed by atoms with E-state index in [2.05, 4.69) is 10.3 Å². The number of carbonyl (C=O) groups is 2. The van der Waals surface area contributed by atoms with Gasteiger partial charge in [-0.25, -0.2) is 4.79 Å². The summed E-state index contributed by atoms with van der Waals surface area (Å²) in [6.07, 6.45) is 1.49. The zero-order valence-corrected chi connectivity index (χ0v) is 13.9. The number of hydrogen-bond donors (Lipinski definition) is 2. The highest BCUT2D eigenvalue weighted by atomic mass is 35.5. The Morgan fingerprint density at radius 3 is 2.77 bits per heavy atom. The maximum absolute atomic E-state index is 12.1. The van der Waals surface area contributed by atoms with Gasteiger partial charge >= 0.3 is 5.97 Å². The number of nitro benzene ring substituents is 1. The molecule has 0 unspecified atom stereocenters. The summed E-state index contributed by atoms with van der Waals surface area (Å²) < 4.78 is 4.99. The minimum absolute atomic E-state index is 0.0347. The van der Waals surface area contributed by atoms with Crippen molar-refractivity contribution in [1.29, 1.82) is 0 Å². The Bertz CT molecular complexity index is 1010. The molecule has 26 heavy (non-hydrogen) atoms. The van der Waals surface area contributed by atoms with E-state index in [-0.39, 0.29) is 16.4 Å². The van der Waals surface area contributed by atoms with Crippen LogP contribution < -0.4 is 5.32 Å². The van der Waals surface area contributed by atoms with E-state index < -0.39 is 23.4 Å². The maximum Gasteiger partial charge on any atom is 0.340 e. The van der Waals surface area contributed by atoms with Crippen molar-refractivity contribution in [2.24, 2.45) is 0 Å². The van der Waals surface area contributed by atoms with Crippen LogP contribution in [-0.2, 0) is 9.53 Å². The smallest absolute Gasteiger partial charge is 0.340 e. The molecule has 2 N–H and O–H groups in total. The molecule has 0 atom stereocenters. The van der Waals surface area contributed by atoms with Gasteiger partial charge in [-0.1, -0.05) is 29.8 Å². The normalized spacial score (nSPS) is 10.5. The molecule has 8 nitrogen and oxygen atoms in total. The van der Waals surface area contributed by atoms with Crippen molar-refractivity contribution in [3.8, 4) is 0 Å². The molecule has 0 saturated carbocycles. The van der Waals surface area contributed by atoms with E-state index in [0.29, 0.717) is 10.9 Å². The number of rotatable bonds is 5. The summed E-state index contributed by atoms with van der Waals surface area (Å²) in [6, 6.07) is 11.0. The van der Waals surface area contributed by atoms with Crippen LogP contribution in [0.5, 0.6) is 0 Å². The standard InChI is InChI=1S/C17H12ClN3O5/c18-10-5-6-14(15(7-10)21(24)25)20-16(22)9-26-17(23)12-8-19-13-4-2-1-3-11(12)13/h1-8,19H,9H2,(H,20,22). The van der Waals surface area contributed by atoms with Gasteiger partial charge in [0.2, 0.25) is 0 Å². The van der Waals surface area contributed by atoms with E-state index in [0.717, 1.165) is 11.6 Å². The van der Waals surface area contributed by atoms with E-state index in [1.807, 2.05) is 6.07 Å². The third-order valence-corrected chi connectivity index (χ3v) is 3.81. The van der Waals surface area contributed by atoms with E-state index in [4.69, 9.17) is 16.3 Å². The Labute approximate surface area is 151 Å². The molecular weight excluding hydrogens is 362 g/mol. The van der Waals surface area contributed by atoms with Gasteiger partial charge in [0.1, 0.15) is 5.69 Å². The predicted molar refractivity (Wildman–Crippen MR) is 95.3 cm³/mol. The summed E-state index contributed by atoms with van der Waals surface area (Å²) in [5.74, 6) is -1.38. The molecule has 132 valence electrons. The number of fused-ring (bicyclic) bond motifs is 1. The Kier molecular flexibility index (Phi) is 4.85. The molecule has 0 aliphatic heterocycles. The summed E-state index contributed by atoms with van der Waals surface area (Å²) in [5.41, 5.74) is 0.674. The Morgan fingerprint density at radius 2 is 2.00 bits per heavy atom. The highest BCUT2D eigenvalue weighted by Crippen LogP contribution is 2.27. The van der Waals surface area contributed by atoms with Crippen LogP contribution in [0, 0.1) is 10.1 Å². The number of hydrogen-bond acceptors (Lipinski definition) is 5. The first-order valence-electron chi connectivity index (χ1n) is 7.43. The first-order valence-corrected chi connectivity index (χ1v) is 7.80. The lowest BCUT2D eigenvalue weighted by Gasteiger charge is -2.07. The zero-order valence-electron chi connectivity index (χ0n) is 13.2. The van der Waals surface area contributed by atoms with Crippen molar-refractivity contribution in [2.45, 2.75) is 0 Å². The van der Waals surface area contributed by atoms with Gasteiger partial charge in [0.25, 0.3) is 11.6 Å². The number of anilines is 1. The van der Waals surface area contributed by atoms with E-state index in [1.54, 1.807) is 18.2 Å². The summed E-state index contributed by atoms with van der Waals surface area (Å²) in [4.78, 5) is 37.4. The quantitative estimate of drug-likeness (QED) is 0.403. The van der Waals surface area contributed by atoms with Gasteiger partial charge in [-0.2, -0.15) is 0 Å². The number of amides is 1. The van der Waals surface area contributed by atoms with Crippen molar-refractivity contribution in [3.63, 3.8) is 0 Å². The van der Waals surface area contributed by atoms with Gasteiger partial charge in [0.15, 0.2) is 6.61 Å². The predicted octanol–water partition coefficient (Wildman–Crippen LogP) is 3.53. The second-order valence-electron chi connectivity index (χ2n) is 5.29. The molecule has 0 saturated heterocycles. The van der Waals surface area contributed by atoms with Gasteiger partial charge in [-0.3, -0.25) is 14.9 Å². The lowest BCUT2D eigenvalue weighted by Crippen LogP contribution is -2.21. The minimum Gasteiger partial charge on any atom is -0.452 e. The number of esters is 1. The molecule has 0 radical (unpaired) electrons. The van der Waals surface area contributed by atoms with Crippen molar-refractivity contribution >= 4 is 45.8 Å².